The largest absolute Gasteiger partial charge is 0.462 e. The van der Waals surface area contributed by atoms with E-state index in [2.05, 4.69) is 18.4 Å². The number of rotatable bonds is 5. The number of aryl methyl sites for hydroxylation is 1. The first-order valence-corrected chi connectivity index (χ1v) is 9.06. The number of carbonyl (C=O) groups is 3. The van der Waals surface area contributed by atoms with Crippen molar-refractivity contribution in [2.24, 2.45) is 0 Å². The van der Waals surface area contributed by atoms with Gasteiger partial charge in [-0.2, -0.15) is 0 Å². The predicted octanol–water partition coefficient (Wildman–Crippen LogP) is 3.67. The minimum atomic E-state index is -0.587. The van der Waals surface area contributed by atoms with E-state index in [1.165, 1.54) is 0 Å². The van der Waals surface area contributed by atoms with E-state index in [9.17, 15) is 14.4 Å². The number of amides is 2. The van der Waals surface area contributed by atoms with Crippen LogP contribution in [0.4, 0.5) is 4.79 Å². The van der Waals surface area contributed by atoms with Gasteiger partial charge in [-0.25, -0.2) is 0 Å². The second-order valence-electron chi connectivity index (χ2n) is 6.60. The fourth-order valence-corrected chi connectivity index (χ4v) is 3.78. The molecule has 0 bridgehead atoms. The van der Waals surface area contributed by atoms with E-state index in [0.717, 1.165) is 33.6 Å². The Hall–Kier alpha value is -2.02. The van der Waals surface area contributed by atoms with Crippen LogP contribution in [0, 0.1) is 13.8 Å². The van der Waals surface area contributed by atoms with Gasteiger partial charge in [-0.1, -0.05) is 0 Å². The molecule has 25 heavy (non-hydrogen) atoms. The van der Waals surface area contributed by atoms with Crippen LogP contribution in [0.25, 0.3) is 6.08 Å². The summed E-state index contributed by atoms with van der Waals surface area (Å²) in [6.45, 7) is 11.3. The van der Waals surface area contributed by atoms with Crippen molar-refractivity contribution in [1.82, 2.24) is 9.47 Å². The molecular formula is C18H24N2O4S. The number of hydrogen-bond acceptors (Lipinski definition) is 5. The quantitative estimate of drug-likeness (QED) is 0.589. The Kier molecular flexibility index (Phi) is 5.77. The van der Waals surface area contributed by atoms with Crippen molar-refractivity contribution in [2.45, 2.75) is 53.7 Å². The maximum Gasteiger partial charge on any atom is 0.326 e. The maximum absolute atomic E-state index is 12.5. The van der Waals surface area contributed by atoms with Crippen LogP contribution < -0.4 is 0 Å². The Bertz CT molecular complexity index is 747. The van der Waals surface area contributed by atoms with Crippen molar-refractivity contribution >= 4 is 35.0 Å². The van der Waals surface area contributed by atoms with Crippen molar-refractivity contribution in [1.29, 1.82) is 0 Å². The molecule has 0 atom stereocenters. The van der Waals surface area contributed by atoms with Gasteiger partial charge in [0.1, 0.15) is 6.54 Å². The standard InChI is InChI=1S/C18H24N2O4S/c1-10(2)20-12(5)7-14(13(20)6)8-15-17(22)19(18(23)25-15)9-16(21)24-11(3)4/h7-8,10-11H,9H2,1-6H3/b15-8+. The molecule has 1 aromatic heterocycles. The Balaban J connectivity index is 2.23. The van der Waals surface area contributed by atoms with Gasteiger partial charge < -0.3 is 9.30 Å². The monoisotopic (exact) mass is 364 g/mol. The molecule has 1 saturated heterocycles. The van der Waals surface area contributed by atoms with Crippen molar-refractivity contribution in [3.8, 4) is 0 Å². The molecule has 136 valence electrons. The fraction of sp³-hybridized carbons (Fsp3) is 0.500. The van der Waals surface area contributed by atoms with E-state index >= 15 is 0 Å². The molecule has 6 nitrogen and oxygen atoms in total. The SMILES string of the molecule is Cc1cc(/C=C2/SC(=O)N(CC(=O)OC(C)C)C2=O)c(C)n1C(C)C. The average molecular weight is 364 g/mol. The summed E-state index contributed by atoms with van der Waals surface area (Å²) in [7, 11) is 0. The summed E-state index contributed by atoms with van der Waals surface area (Å²) in [5, 5.41) is -0.449. The molecule has 1 aliphatic rings. The first kappa shape index (κ1) is 19.3. The van der Waals surface area contributed by atoms with E-state index < -0.39 is 17.1 Å². The van der Waals surface area contributed by atoms with Crippen LogP contribution in [-0.2, 0) is 14.3 Å². The lowest BCUT2D eigenvalue weighted by atomic mass is 10.2. The third-order valence-electron chi connectivity index (χ3n) is 3.85. The summed E-state index contributed by atoms with van der Waals surface area (Å²) in [4.78, 5) is 37.6. The van der Waals surface area contributed by atoms with Crippen LogP contribution in [0.2, 0.25) is 0 Å². The molecule has 2 rings (SSSR count). The second kappa shape index (κ2) is 7.47. The lowest BCUT2D eigenvalue weighted by molar-refractivity contribution is -0.149. The maximum atomic E-state index is 12.5. The van der Waals surface area contributed by atoms with Crippen LogP contribution in [0.3, 0.4) is 0 Å². The minimum absolute atomic E-state index is 0.288. The van der Waals surface area contributed by atoms with Gasteiger partial charge in [0.2, 0.25) is 0 Å². The lowest BCUT2D eigenvalue weighted by Gasteiger charge is -2.13. The average Bonchev–Trinajstić information content (AvgIpc) is 2.89. The number of thioether (sulfide) groups is 1. The van der Waals surface area contributed by atoms with Crippen LogP contribution in [-0.4, -0.2) is 39.2 Å². The first-order valence-electron chi connectivity index (χ1n) is 8.25. The molecule has 2 heterocycles. The van der Waals surface area contributed by atoms with Crippen LogP contribution in [0.1, 0.15) is 50.7 Å². The zero-order chi connectivity index (χ0) is 18.9. The van der Waals surface area contributed by atoms with Crippen LogP contribution >= 0.6 is 11.8 Å². The molecule has 1 aromatic rings. The fourth-order valence-electron chi connectivity index (χ4n) is 2.95. The zero-order valence-electron chi connectivity index (χ0n) is 15.5. The summed E-state index contributed by atoms with van der Waals surface area (Å²) < 4.78 is 7.19. The van der Waals surface area contributed by atoms with E-state index in [1.807, 2.05) is 19.9 Å². The van der Waals surface area contributed by atoms with E-state index in [-0.39, 0.29) is 12.6 Å². The molecule has 0 aliphatic carbocycles. The van der Waals surface area contributed by atoms with Crippen LogP contribution in [0.15, 0.2) is 11.0 Å². The molecule has 0 unspecified atom stereocenters. The van der Waals surface area contributed by atoms with Gasteiger partial charge in [0.25, 0.3) is 11.1 Å². The summed E-state index contributed by atoms with van der Waals surface area (Å²) in [6.07, 6.45) is 1.43. The Morgan fingerprint density at radius 2 is 1.88 bits per heavy atom. The van der Waals surface area contributed by atoms with Gasteiger partial charge in [0.05, 0.1) is 11.0 Å². The van der Waals surface area contributed by atoms with Crippen molar-refractivity contribution < 1.29 is 19.1 Å². The number of imide groups is 1. The van der Waals surface area contributed by atoms with Crippen molar-refractivity contribution in [3.63, 3.8) is 0 Å². The lowest BCUT2D eigenvalue weighted by Crippen LogP contribution is -2.35. The highest BCUT2D eigenvalue weighted by molar-refractivity contribution is 8.18. The minimum Gasteiger partial charge on any atom is -0.462 e. The van der Waals surface area contributed by atoms with Crippen molar-refractivity contribution in [3.05, 3.63) is 27.9 Å². The molecule has 0 spiro atoms. The molecule has 1 aliphatic heterocycles. The normalized spacial score (nSPS) is 16.6. The number of esters is 1. The molecule has 0 radical (unpaired) electrons. The Labute approximate surface area is 152 Å². The van der Waals surface area contributed by atoms with E-state index in [1.54, 1.807) is 19.9 Å². The predicted molar refractivity (Wildman–Crippen MR) is 98.2 cm³/mol. The topological polar surface area (TPSA) is 68.6 Å². The number of hydrogen-bond donors (Lipinski definition) is 0. The smallest absolute Gasteiger partial charge is 0.326 e. The Morgan fingerprint density at radius 3 is 2.40 bits per heavy atom. The summed E-state index contributed by atoms with van der Waals surface area (Å²) >= 11 is 0.851. The third kappa shape index (κ3) is 4.15. The highest BCUT2D eigenvalue weighted by Gasteiger charge is 2.37. The van der Waals surface area contributed by atoms with Crippen LogP contribution in [0.5, 0.6) is 0 Å². The first-order chi connectivity index (χ1) is 11.6. The number of carbonyl (C=O) groups excluding carboxylic acids is 3. The summed E-state index contributed by atoms with van der Waals surface area (Å²) in [5.74, 6) is -1.04. The molecule has 7 heteroatoms. The highest BCUT2D eigenvalue weighted by atomic mass is 32.2. The number of nitrogens with zero attached hydrogens (tertiary/aromatic N) is 2. The zero-order valence-corrected chi connectivity index (χ0v) is 16.3. The van der Waals surface area contributed by atoms with Gasteiger partial charge in [-0.05, 0) is 71.0 Å². The molecule has 1 fully saturated rings. The molecule has 0 N–H and O–H groups in total. The van der Waals surface area contributed by atoms with Gasteiger partial charge in [-0.3, -0.25) is 19.3 Å². The molecular weight excluding hydrogens is 340 g/mol. The molecule has 2 amide bonds. The van der Waals surface area contributed by atoms with Gasteiger partial charge in [0, 0.05) is 17.4 Å². The molecule has 0 aromatic carbocycles. The Morgan fingerprint density at radius 1 is 1.24 bits per heavy atom. The van der Waals surface area contributed by atoms with Gasteiger partial charge in [0.15, 0.2) is 0 Å². The van der Waals surface area contributed by atoms with Gasteiger partial charge in [-0.15, -0.1) is 0 Å². The molecule has 0 saturated carbocycles. The second-order valence-corrected chi connectivity index (χ2v) is 7.59. The number of ether oxygens (including phenoxy) is 1. The van der Waals surface area contributed by atoms with Crippen molar-refractivity contribution in [2.75, 3.05) is 6.54 Å². The van der Waals surface area contributed by atoms with Gasteiger partial charge >= 0.3 is 5.97 Å². The highest BCUT2D eigenvalue weighted by Crippen LogP contribution is 2.33. The summed E-state index contributed by atoms with van der Waals surface area (Å²) in [5.41, 5.74) is 3.04. The summed E-state index contributed by atoms with van der Waals surface area (Å²) in [6, 6.07) is 2.30. The number of aromatic nitrogens is 1. The van der Waals surface area contributed by atoms with E-state index in [4.69, 9.17) is 4.74 Å². The third-order valence-corrected chi connectivity index (χ3v) is 4.76. The van der Waals surface area contributed by atoms with E-state index in [0.29, 0.717) is 10.9 Å².